The minimum Gasteiger partial charge on any atom is -0.480 e. The maximum Gasteiger partial charge on any atom is 0.332 e. The van der Waals surface area contributed by atoms with E-state index in [4.69, 9.17) is 15.3 Å². The van der Waals surface area contributed by atoms with E-state index in [1.54, 1.807) is 18.2 Å². The first-order valence-electron chi connectivity index (χ1n) is 6.49. The fraction of sp³-hybridized carbons (Fsp3) is 0.357. The van der Waals surface area contributed by atoms with E-state index in [-0.39, 0.29) is 5.56 Å². The molecule has 3 atom stereocenters. The van der Waals surface area contributed by atoms with Crippen LogP contribution in [0.3, 0.4) is 0 Å². The molecule has 0 aliphatic carbocycles. The van der Waals surface area contributed by atoms with Crippen LogP contribution >= 0.6 is 0 Å². The molecule has 0 aromatic heterocycles. The zero-order valence-corrected chi connectivity index (χ0v) is 11.5. The second-order valence-corrected chi connectivity index (χ2v) is 4.71. The van der Waals surface area contributed by atoms with Crippen LogP contribution in [0.1, 0.15) is 23.2 Å². The summed E-state index contributed by atoms with van der Waals surface area (Å²) in [6.07, 6.45) is -4.13. The minimum atomic E-state index is -1.80. The summed E-state index contributed by atoms with van der Waals surface area (Å²) in [5, 5.41) is 38.6. The van der Waals surface area contributed by atoms with Crippen LogP contribution in [0.5, 0.6) is 0 Å². The fourth-order valence-corrected chi connectivity index (χ4v) is 1.78. The molecule has 0 aliphatic rings. The number of carbonyl (C=O) groups is 3. The topological polar surface area (TPSA) is 144 Å². The van der Waals surface area contributed by atoms with Crippen LogP contribution in [0.4, 0.5) is 0 Å². The van der Waals surface area contributed by atoms with Gasteiger partial charge in [-0.3, -0.25) is 4.79 Å². The van der Waals surface area contributed by atoms with Crippen molar-refractivity contribution in [3.05, 3.63) is 35.9 Å². The van der Waals surface area contributed by atoms with Crippen molar-refractivity contribution >= 4 is 17.8 Å². The molecule has 0 radical (unpaired) electrons. The molecular weight excluding hydrogens is 294 g/mol. The molecule has 0 fully saturated rings. The Morgan fingerprint density at radius 1 is 0.955 bits per heavy atom. The maximum absolute atomic E-state index is 11.9. The summed E-state index contributed by atoms with van der Waals surface area (Å²) in [6, 6.07) is 6.52. The van der Waals surface area contributed by atoms with Gasteiger partial charge in [-0.15, -0.1) is 0 Å². The van der Waals surface area contributed by atoms with Crippen LogP contribution in [0, 0.1) is 0 Å². The molecule has 120 valence electrons. The molecule has 0 heterocycles. The summed E-state index contributed by atoms with van der Waals surface area (Å²) in [6.45, 7) is 0. The number of carboxylic acid groups (broad SMARTS) is 2. The van der Waals surface area contributed by atoms with E-state index in [0.29, 0.717) is 0 Å². The van der Waals surface area contributed by atoms with E-state index in [2.05, 4.69) is 5.32 Å². The Balaban J connectivity index is 2.64. The number of amides is 1. The number of aliphatic carboxylic acids is 2. The fourth-order valence-electron chi connectivity index (χ4n) is 1.78. The lowest BCUT2D eigenvalue weighted by atomic mass is 10.0. The SMILES string of the molecule is O=C(N[C@@H](C[C@H](O)C[C@H](O)C(=O)O)C(=O)O)c1ccccc1. The number of aliphatic hydroxyl groups excluding tert-OH is 2. The van der Waals surface area contributed by atoms with Gasteiger partial charge in [-0.05, 0) is 12.1 Å². The van der Waals surface area contributed by atoms with E-state index in [0.717, 1.165) is 0 Å². The van der Waals surface area contributed by atoms with E-state index in [9.17, 15) is 19.5 Å². The van der Waals surface area contributed by atoms with Gasteiger partial charge in [-0.2, -0.15) is 0 Å². The minimum absolute atomic E-state index is 0.258. The standard InChI is InChI=1S/C14H17NO7/c16-9(7-11(17)14(21)22)6-10(13(19)20)15-12(18)8-4-2-1-3-5-8/h1-5,9-11,16-17H,6-7H2,(H,15,18)(H,19,20)(H,21,22)/t9-,10-,11-/m0/s1. The molecule has 0 unspecified atom stereocenters. The second-order valence-electron chi connectivity index (χ2n) is 4.71. The molecule has 1 amide bonds. The van der Waals surface area contributed by atoms with Crippen LogP contribution in [-0.2, 0) is 9.59 Å². The van der Waals surface area contributed by atoms with Crippen molar-refractivity contribution in [1.82, 2.24) is 5.32 Å². The number of rotatable bonds is 8. The first kappa shape index (κ1) is 17.6. The predicted molar refractivity (Wildman–Crippen MR) is 74.2 cm³/mol. The van der Waals surface area contributed by atoms with Gasteiger partial charge in [0, 0.05) is 18.4 Å². The van der Waals surface area contributed by atoms with Gasteiger partial charge < -0.3 is 25.7 Å². The van der Waals surface area contributed by atoms with Crippen molar-refractivity contribution in [3.8, 4) is 0 Å². The van der Waals surface area contributed by atoms with Gasteiger partial charge in [-0.1, -0.05) is 18.2 Å². The summed E-state index contributed by atoms with van der Waals surface area (Å²) in [7, 11) is 0. The van der Waals surface area contributed by atoms with Crippen molar-refractivity contribution in [1.29, 1.82) is 0 Å². The third-order valence-electron chi connectivity index (χ3n) is 2.93. The molecule has 1 rings (SSSR count). The lowest BCUT2D eigenvalue weighted by Gasteiger charge is -2.19. The Morgan fingerprint density at radius 3 is 2.05 bits per heavy atom. The Bertz CT molecular complexity index is 531. The predicted octanol–water partition coefficient (Wildman–Crippen LogP) is -0.544. The van der Waals surface area contributed by atoms with Crippen LogP contribution in [-0.4, -0.2) is 56.5 Å². The third-order valence-corrected chi connectivity index (χ3v) is 2.93. The molecule has 0 bridgehead atoms. The van der Waals surface area contributed by atoms with E-state index >= 15 is 0 Å². The molecule has 8 nitrogen and oxygen atoms in total. The molecule has 0 saturated heterocycles. The van der Waals surface area contributed by atoms with Crippen LogP contribution in [0.2, 0.25) is 0 Å². The van der Waals surface area contributed by atoms with Crippen molar-refractivity contribution in [2.75, 3.05) is 0 Å². The largest absolute Gasteiger partial charge is 0.480 e. The number of benzene rings is 1. The van der Waals surface area contributed by atoms with Gasteiger partial charge in [0.05, 0.1) is 6.10 Å². The molecular formula is C14H17NO7. The average molecular weight is 311 g/mol. The highest BCUT2D eigenvalue weighted by Crippen LogP contribution is 2.08. The van der Waals surface area contributed by atoms with Crippen molar-refractivity contribution in [2.45, 2.75) is 31.1 Å². The molecule has 8 heteroatoms. The Hall–Kier alpha value is -2.45. The average Bonchev–Trinajstić information content (AvgIpc) is 2.46. The van der Waals surface area contributed by atoms with Gasteiger partial charge in [-0.25, -0.2) is 9.59 Å². The summed E-state index contributed by atoms with van der Waals surface area (Å²) < 4.78 is 0. The van der Waals surface area contributed by atoms with Crippen molar-refractivity contribution in [3.63, 3.8) is 0 Å². The quantitative estimate of drug-likeness (QED) is 0.433. The van der Waals surface area contributed by atoms with E-state index in [1.165, 1.54) is 12.1 Å². The molecule has 1 aromatic rings. The van der Waals surface area contributed by atoms with Gasteiger partial charge in [0.1, 0.15) is 6.04 Å². The number of aliphatic hydroxyl groups is 2. The summed E-state index contributed by atoms with van der Waals surface area (Å²) in [5.41, 5.74) is 0.258. The van der Waals surface area contributed by atoms with Crippen LogP contribution < -0.4 is 5.32 Å². The summed E-state index contributed by atoms with van der Waals surface area (Å²) >= 11 is 0. The Labute approximate surface area is 126 Å². The van der Waals surface area contributed by atoms with Crippen molar-refractivity contribution < 1.29 is 34.8 Å². The molecule has 5 N–H and O–H groups in total. The number of hydrogen-bond acceptors (Lipinski definition) is 5. The number of carbonyl (C=O) groups excluding carboxylic acids is 1. The lowest BCUT2D eigenvalue weighted by molar-refractivity contribution is -0.148. The first-order valence-corrected chi connectivity index (χ1v) is 6.49. The Kier molecular flexibility index (Phi) is 6.48. The molecule has 22 heavy (non-hydrogen) atoms. The van der Waals surface area contributed by atoms with Crippen LogP contribution in [0.15, 0.2) is 30.3 Å². The smallest absolute Gasteiger partial charge is 0.332 e. The van der Waals surface area contributed by atoms with Gasteiger partial charge in [0.2, 0.25) is 0 Å². The number of carboxylic acids is 2. The van der Waals surface area contributed by atoms with Gasteiger partial charge in [0.15, 0.2) is 6.10 Å². The van der Waals surface area contributed by atoms with Crippen LogP contribution in [0.25, 0.3) is 0 Å². The van der Waals surface area contributed by atoms with E-state index < -0.39 is 48.9 Å². The second kappa shape index (κ2) is 8.11. The highest BCUT2D eigenvalue weighted by molar-refractivity contribution is 5.96. The zero-order chi connectivity index (χ0) is 16.7. The highest BCUT2D eigenvalue weighted by atomic mass is 16.4. The number of hydrogen-bond donors (Lipinski definition) is 5. The molecule has 0 saturated carbocycles. The third kappa shape index (κ3) is 5.51. The molecule has 0 spiro atoms. The lowest BCUT2D eigenvalue weighted by Crippen LogP contribution is -2.43. The van der Waals surface area contributed by atoms with Gasteiger partial charge in [0.25, 0.3) is 5.91 Å². The normalized spacial score (nSPS) is 14.6. The first-order chi connectivity index (χ1) is 10.3. The molecule has 1 aromatic carbocycles. The van der Waals surface area contributed by atoms with E-state index in [1.807, 2.05) is 0 Å². The Morgan fingerprint density at radius 2 is 1.55 bits per heavy atom. The highest BCUT2D eigenvalue weighted by Gasteiger charge is 2.26. The molecule has 0 aliphatic heterocycles. The monoisotopic (exact) mass is 311 g/mol. The van der Waals surface area contributed by atoms with Gasteiger partial charge >= 0.3 is 11.9 Å². The zero-order valence-electron chi connectivity index (χ0n) is 11.5. The summed E-state index contributed by atoms with van der Waals surface area (Å²) in [4.78, 5) is 33.5. The summed E-state index contributed by atoms with van der Waals surface area (Å²) in [5.74, 6) is -3.51. The maximum atomic E-state index is 11.9. The number of nitrogens with one attached hydrogen (secondary N) is 1. The van der Waals surface area contributed by atoms with Crippen molar-refractivity contribution in [2.24, 2.45) is 0 Å².